The van der Waals surface area contributed by atoms with E-state index in [1.165, 1.54) is 38.5 Å². The molecule has 104 valence electrons. The number of unbranched alkanes of at least 4 members (excludes halogenated alkanes) is 6. The molecule has 0 unspecified atom stereocenters. The Morgan fingerprint density at radius 1 is 1.05 bits per heavy atom. The average Bonchev–Trinajstić information content (AvgIpc) is 2.42. The third-order valence-corrected chi connectivity index (χ3v) is 3.36. The minimum atomic E-state index is 0.139. The van der Waals surface area contributed by atoms with Crippen molar-refractivity contribution in [2.24, 2.45) is 0 Å². The highest BCUT2D eigenvalue weighted by Crippen LogP contribution is 2.13. The molecule has 0 aromatic heterocycles. The van der Waals surface area contributed by atoms with Crippen molar-refractivity contribution in [2.75, 3.05) is 0 Å². The summed E-state index contributed by atoms with van der Waals surface area (Å²) in [7, 11) is 0. The van der Waals surface area contributed by atoms with Crippen molar-refractivity contribution in [2.45, 2.75) is 58.8 Å². The maximum atomic E-state index is 11.5. The van der Waals surface area contributed by atoms with Crippen LogP contribution in [-0.4, -0.2) is 5.78 Å². The van der Waals surface area contributed by atoms with Crippen molar-refractivity contribution in [1.82, 2.24) is 0 Å². The van der Waals surface area contributed by atoms with Gasteiger partial charge in [0.05, 0.1) is 0 Å². The van der Waals surface area contributed by atoms with E-state index in [-0.39, 0.29) is 5.78 Å². The van der Waals surface area contributed by atoms with Crippen LogP contribution in [-0.2, 0) is 0 Å². The number of hydrogen-bond donors (Lipinski definition) is 0. The van der Waals surface area contributed by atoms with E-state index in [0.717, 1.165) is 17.5 Å². The highest BCUT2D eigenvalue weighted by Gasteiger charge is 2.02. The predicted octanol–water partition coefficient (Wildman–Crippen LogP) is 5.65. The van der Waals surface area contributed by atoms with Crippen molar-refractivity contribution in [3.63, 3.8) is 0 Å². The number of carbonyl (C=O) groups excluding carboxylic acids is 1. The van der Waals surface area contributed by atoms with Crippen LogP contribution < -0.4 is 0 Å². The molecule has 0 heterocycles. The van der Waals surface area contributed by atoms with Gasteiger partial charge in [0, 0.05) is 5.56 Å². The smallest absolute Gasteiger partial charge is 0.160 e. The fourth-order valence-electron chi connectivity index (χ4n) is 2.22. The number of Topliss-reactive ketones (excluding diaryl/α,β-unsaturated/α-hetero) is 1. The maximum absolute atomic E-state index is 11.5. The Bertz CT molecular complexity index is 404. The van der Waals surface area contributed by atoms with E-state index in [2.05, 4.69) is 19.1 Å². The van der Waals surface area contributed by atoms with E-state index >= 15 is 0 Å². The summed E-state index contributed by atoms with van der Waals surface area (Å²) in [5.41, 5.74) is 1.86. The molecule has 0 aliphatic heterocycles. The Morgan fingerprint density at radius 3 is 2.47 bits per heavy atom. The van der Waals surface area contributed by atoms with Gasteiger partial charge in [-0.3, -0.25) is 4.79 Å². The van der Waals surface area contributed by atoms with Crippen LogP contribution in [0.25, 0.3) is 6.08 Å². The van der Waals surface area contributed by atoms with Gasteiger partial charge in [-0.1, -0.05) is 75.4 Å². The quantitative estimate of drug-likeness (QED) is 0.413. The molecule has 0 spiro atoms. The van der Waals surface area contributed by atoms with E-state index in [4.69, 9.17) is 0 Å². The molecule has 0 saturated carbocycles. The Balaban J connectivity index is 2.31. The van der Waals surface area contributed by atoms with Crippen LogP contribution in [0.2, 0.25) is 0 Å². The molecule has 0 bridgehead atoms. The van der Waals surface area contributed by atoms with Crippen molar-refractivity contribution in [3.8, 4) is 0 Å². The van der Waals surface area contributed by atoms with Crippen LogP contribution in [0.15, 0.2) is 30.3 Å². The highest BCUT2D eigenvalue weighted by atomic mass is 16.1. The summed E-state index contributed by atoms with van der Waals surface area (Å²) in [5.74, 6) is 0.139. The molecule has 1 nitrogen and oxygen atoms in total. The van der Waals surface area contributed by atoms with E-state index < -0.39 is 0 Å². The second-order valence-corrected chi connectivity index (χ2v) is 5.10. The molecule has 0 atom stereocenters. The molecular weight excluding hydrogens is 232 g/mol. The largest absolute Gasteiger partial charge is 0.294 e. The lowest BCUT2D eigenvalue weighted by Crippen LogP contribution is -1.94. The standard InChI is InChI=1S/C18H26O/c1-3-4-5-6-7-8-9-10-13-17-14-11-12-15-18(17)16(2)19/h10-15H,3-9H2,1-2H3/b13-10+. The number of carbonyl (C=O) groups is 1. The average molecular weight is 258 g/mol. The van der Waals surface area contributed by atoms with E-state index in [9.17, 15) is 4.79 Å². The number of ketones is 1. The van der Waals surface area contributed by atoms with Gasteiger partial charge in [0.1, 0.15) is 0 Å². The Labute approximate surface area is 117 Å². The monoisotopic (exact) mass is 258 g/mol. The fraction of sp³-hybridized carbons (Fsp3) is 0.500. The molecular formula is C18H26O. The molecule has 1 aromatic carbocycles. The normalized spacial score (nSPS) is 11.1. The summed E-state index contributed by atoms with van der Waals surface area (Å²) < 4.78 is 0. The predicted molar refractivity (Wildman–Crippen MR) is 83.5 cm³/mol. The van der Waals surface area contributed by atoms with Crippen molar-refractivity contribution >= 4 is 11.9 Å². The van der Waals surface area contributed by atoms with E-state index in [1.807, 2.05) is 24.3 Å². The molecule has 19 heavy (non-hydrogen) atoms. The Hall–Kier alpha value is -1.37. The first kappa shape index (κ1) is 15.7. The first-order valence-corrected chi connectivity index (χ1v) is 7.52. The van der Waals surface area contributed by atoms with Crippen molar-refractivity contribution in [1.29, 1.82) is 0 Å². The van der Waals surface area contributed by atoms with Gasteiger partial charge in [-0.25, -0.2) is 0 Å². The van der Waals surface area contributed by atoms with Gasteiger partial charge in [-0.05, 0) is 25.3 Å². The molecule has 0 saturated heterocycles. The summed E-state index contributed by atoms with van der Waals surface area (Å²) in [4.78, 5) is 11.5. The topological polar surface area (TPSA) is 17.1 Å². The molecule has 0 N–H and O–H groups in total. The molecule has 1 aromatic rings. The van der Waals surface area contributed by atoms with Crippen LogP contribution in [0.3, 0.4) is 0 Å². The zero-order valence-corrected chi connectivity index (χ0v) is 12.3. The van der Waals surface area contributed by atoms with Crippen molar-refractivity contribution in [3.05, 3.63) is 41.5 Å². The Kier molecular flexibility index (Phi) is 7.88. The van der Waals surface area contributed by atoms with Crippen LogP contribution in [0, 0.1) is 0 Å². The SMILES string of the molecule is CCCCCCCC/C=C/c1ccccc1C(C)=O. The summed E-state index contributed by atoms with van der Waals surface area (Å²) >= 11 is 0. The summed E-state index contributed by atoms with van der Waals surface area (Å²) in [6, 6.07) is 7.81. The second-order valence-electron chi connectivity index (χ2n) is 5.10. The van der Waals surface area contributed by atoms with Crippen molar-refractivity contribution < 1.29 is 4.79 Å². The highest BCUT2D eigenvalue weighted by molar-refractivity contribution is 5.97. The zero-order chi connectivity index (χ0) is 13.9. The third-order valence-electron chi connectivity index (χ3n) is 3.36. The van der Waals surface area contributed by atoms with Gasteiger partial charge >= 0.3 is 0 Å². The van der Waals surface area contributed by atoms with E-state index in [1.54, 1.807) is 6.92 Å². The molecule has 0 radical (unpaired) electrons. The zero-order valence-electron chi connectivity index (χ0n) is 12.3. The van der Waals surface area contributed by atoms with Crippen LogP contribution in [0.5, 0.6) is 0 Å². The minimum Gasteiger partial charge on any atom is -0.294 e. The molecule has 1 heteroatoms. The van der Waals surface area contributed by atoms with Gasteiger partial charge < -0.3 is 0 Å². The molecule has 1 rings (SSSR count). The lowest BCUT2D eigenvalue weighted by Gasteiger charge is -2.01. The van der Waals surface area contributed by atoms with Gasteiger partial charge in [-0.2, -0.15) is 0 Å². The first-order valence-electron chi connectivity index (χ1n) is 7.52. The first-order chi connectivity index (χ1) is 9.25. The second kappa shape index (κ2) is 9.55. The molecule has 0 fully saturated rings. The van der Waals surface area contributed by atoms with Gasteiger partial charge in [0.25, 0.3) is 0 Å². The third kappa shape index (κ3) is 6.37. The number of hydrogen-bond acceptors (Lipinski definition) is 1. The maximum Gasteiger partial charge on any atom is 0.160 e. The molecule has 0 aliphatic carbocycles. The fourth-order valence-corrected chi connectivity index (χ4v) is 2.22. The number of rotatable bonds is 9. The number of benzene rings is 1. The summed E-state index contributed by atoms with van der Waals surface area (Å²) in [6.07, 6.45) is 13.4. The van der Waals surface area contributed by atoms with E-state index in [0.29, 0.717) is 0 Å². The summed E-state index contributed by atoms with van der Waals surface area (Å²) in [5, 5.41) is 0. The molecule has 0 amide bonds. The van der Waals surface area contributed by atoms with Gasteiger partial charge in [-0.15, -0.1) is 0 Å². The lowest BCUT2D eigenvalue weighted by atomic mass is 10.0. The Morgan fingerprint density at radius 2 is 1.74 bits per heavy atom. The van der Waals surface area contributed by atoms with Gasteiger partial charge in [0.15, 0.2) is 5.78 Å². The lowest BCUT2D eigenvalue weighted by molar-refractivity contribution is 0.101. The van der Waals surface area contributed by atoms with Crippen LogP contribution in [0.1, 0.15) is 74.7 Å². The summed E-state index contributed by atoms with van der Waals surface area (Å²) in [6.45, 7) is 3.87. The van der Waals surface area contributed by atoms with Crippen LogP contribution >= 0.6 is 0 Å². The number of allylic oxidation sites excluding steroid dienone is 1. The van der Waals surface area contributed by atoms with Crippen LogP contribution in [0.4, 0.5) is 0 Å². The minimum absolute atomic E-state index is 0.139. The molecule has 0 aliphatic rings. The van der Waals surface area contributed by atoms with Gasteiger partial charge in [0.2, 0.25) is 0 Å².